The van der Waals surface area contributed by atoms with Crippen LogP contribution in [0.4, 0.5) is 0 Å². The monoisotopic (exact) mass is 150 g/mol. The summed E-state index contributed by atoms with van der Waals surface area (Å²) >= 11 is 0. The molecule has 2 bridgehead atoms. The summed E-state index contributed by atoms with van der Waals surface area (Å²) in [6, 6.07) is 0. The van der Waals surface area contributed by atoms with Crippen LogP contribution in [0.15, 0.2) is 12.2 Å². The zero-order valence-electron chi connectivity index (χ0n) is 6.29. The lowest BCUT2D eigenvalue weighted by Crippen LogP contribution is -2.16. The van der Waals surface area contributed by atoms with Crippen molar-refractivity contribution in [2.24, 2.45) is 23.7 Å². The maximum absolute atomic E-state index is 2.49. The predicted molar refractivity (Wildman–Crippen MR) is 48.3 cm³/mol. The fourth-order valence-electron chi connectivity index (χ4n) is 3.50. The molecule has 2 saturated carbocycles. The molecule has 0 saturated heterocycles. The highest BCUT2D eigenvalue weighted by Crippen LogP contribution is 2.56. The Bertz CT molecular complexity index is 180. The van der Waals surface area contributed by atoms with E-state index in [0.717, 1.165) is 23.7 Å². The van der Waals surface area contributed by atoms with E-state index in [1.54, 1.807) is 12.8 Å². The highest BCUT2D eigenvalue weighted by atomic mass is 14.5. The Morgan fingerprint density at radius 1 is 1.09 bits per heavy atom. The van der Waals surface area contributed by atoms with E-state index in [4.69, 9.17) is 0 Å². The summed E-state index contributed by atoms with van der Waals surface area (Å²) in [7, 11) is 0. The summed E-state index contributed by atoms with van der Waals surface area (Å²) in [5.74, 6) is 4.36. The van der Waals surface area contributed by atoms with Gasteiger partial charge in [-0.2, -0.15) is 0 Å². The lowest BCUT2D eigenvalue weighted by molar-refractivity contribution is 0.285. The number of rotatable bonds is 0. The van der Waals surface area contributed by atoms with Crippen LogP contribution in [0.5, 0.6) is 0 Å². The van der Waals surface area contributed by atoms with Crippen molar-refractivity contribution >= 4 is 0 Å². The minimum Gasteiger partial charge on any atom is -0.0879 e. The molecule has 0 amide bonds. The summed E-state index contributed by atoms with van der Waals surface area (Å²) in [5, 5.41) is 0. The van der Waals surface area contributed by atoms with Crippen LogP contribution in [0.3, 0.4) is 0 Å². The van der Waals surface area contributed by atoms with Gasteiger partial charge in [0.25, 0.3) is 0 Å². The van der Waals surface area contributed by atoms with Crippen LogP contribution in [0.25, 0.3) is 0 Å². The Hall–Kier alpha value is -0.260. The van der Waals surface area contributed by atoms with Gasteiger partial charge in [-0.3, -0.25) is 0 Å². The molecule has 4 unspecified atom stereocenters. The van der Waals surface area contributed by atoms with Crippen molar-refractivity contribution in [3.05, 3.63) is 12.2 Å². The maximum atomic E-state index is 2.49. The first-order valence-corrected chi connectivity index (χ1v) is 4.62. The molecule has 0 spiro atoms. The minimum absolute atomic E-state index is 0. The molecule has 0 aromatic heterocycles. The van der Waals surface area contributed by atoms with E-state index in [2.05, 4.69) is 12.2 Å². The fourth-order valence-corrected chi connectivity index (χ4v) is 3.50. The van der Waals surface area contributed by atoms with E-state index >= 15 is 0 Å². The smallest absolute Gasteiger partial charge is 0.0171 e. The van der Waals surface area contributed by atoms with E-state index < -0.39 is 0 Å². The van der Waals surface area contributed by atoms with Gasteiger partial charge in [0.1, 0.15) is 0 Å². The second kappa shape index (κ2) is 2.36. The van der Waals surface area contributed by atoms with E-state index in [0.29, 0.717) is 0 Å². The molecule has 4 atom stereocenters. The third-order valence-electron chi connectivity index (χ3n) is 3.92. The molecule has 0 aromatic rings. The SMILES string of the molecule is C.C1=CC2C3CCC(C3)C2C1. The van der Waals surface area contributed by atoms with Crippen molar-refractivity contribution in [3.63, 3.8) is 0 Å². The zero-order valence-corrected chi connectivity index (χ0v) is 6.29. The Morgan fingerprint density at radius 3 is 2.73 bits per heavy atom. The first-order valence-electron chi connectivity index (χ1n) is 4.62. The molecule has 0 radical (unpaired) electrons. The number of allylic oxidation sites excluding steroid dienone is 2. The molecule has 0 N–H and O–H groups in total. The van der Waals surface area contributed by atoms with Gasteiger partial charge in [0.15, 0.2) is 0 Å². The summed E-state index contributed by atoms with van der Waals surface area (Å²) in [6.45, 7) is 0. The molecule has 62 valence electrons. The highest BCUT2D eigenvalue weighted by molar-refractivity contribution is 5.11. The lowest BCUT2D eigenvalue weighted by atomic mass is 9.82. The van der Waals surface area contributed by atoms with Crippen molar-refractivity contribution in [1.82, 2.24) is 0 Å². The van der Waals surface area contributed by atoms with Gasteiger partial charge in [-0.1, -0.05) is 19.6 Å². The molecule has 0 heteroatoms. The highest BCUT2D eigenvalue weighted by Gasteiger charge is 2.47. The van der Waals surface area contributed by atoms with Crippen LogP contribution in [0.1, 0.15) is 33.1 Å². The zero-order chi connectivity index (χ0) is 6.55. The Labute approximate surface area is 69.7 Å². The summed E-state index contributed by atoms with van der Waals surface area (Å²) < 4.78 is 0. The van der Waals surface area contributed by atoms with Gasteiger partial charge < -0.3 is 0 Å². The van der Waals surface area contributed by atoms with E-state index in [9.17, 15) is 0 Å². The van der Waals surface area contributed by atoms with Gasteiger partial charge in [-0.05, 0) is 49.4 Å². The molecule has 11 heavy (non-hydrogen) atoms. The van der Waals surface area contributed by atoms with Crippen molar-refractivity contribution < 1.29 is 0 Å². The first kappa shape index (κ1) is 7.39. The number of hydrogen-bond donors (Lipinski definition) is 0. The molecular formula is C11H18. The van der Waals surface area contributed by atoms with Gasteiger partial charge in [-0.15, -0.1) is 0 Å². The van der Waals surface area contributed by atoms with E-state index in [1.165, 1.54) is 12.8 Å². The van der Waals surface area contributed by atoms with Gasteiger partial charge in [0.05, 0.1) is 0 Å². The molecule has 0 aromatic carbocycles. The van der Waals surface area contributed by atoms with Gasteiger partial charge in [0, 0.05) is 0 Å². The van der Waals surface area contributed by atoms with Crippen LogP contribution in [0, 0.1) is 23.7 Å². The normalized spacial score (nSPS) is 50.9. The van der Waals surface area contributed by atoms with E-state index in [1.807, 2.05) is 0 Å². The third kappa shape index (κ3) is 0.816. The van der Waals surface area contributed by atoms with Crippen molar-refractivity contribution in [2.75, 3.05) is 0 Å². The van der Waals surface area contributed by atoms with Crippen LogP contribution in [0.2, 0.25) is 0 Å². The van der Waals surface area contributed by atoms with E-state index in [-0.39, 0.29) is 7.43 Å². The summed E-state index contributed by atoms with van der Waals surface area (Å²) in [4.78, 5) is 0. The Morgan fingerprint density at radius 2 is 1.91 bits per heavy atom. The minimum atomic E-state index is 0. The van der Waals surface area contributed by atoms with Crippen LogP contribution in [-0.4, -0.2) is 0 Å². The van der Waals surface area contributed by atoms with Crippen molar-refractivity contribution in [1.29, 1.82) is 0 Å². The molecule has 3 aliphatic carbocycles. The molecule has 0 heterocycles. The standard InChI is InChI=1S/C10H14.CH4/c1-2-9-7-4-5-8(6-7)10(9)3-1;/h1-2,7-10H,3-6H2;1H4. The topological polar surface area (TPSA) is 0 Å². The average molecular weight is 150 g/mol. The van der Waals surface area contributed by atoms with Crippen LogP contribution < -0.4 is 0 Å². The third-order valence-corrected chi connectivity index (χ3v) is 3.92. The van der Waals surface area contributed by atoms with Gasteiger partial charge >= 0.3 is 0 Å². The molecule has 3 aliphatic rings. The predicted octanol–water partition coefficient (Wildman–Crippen LogP) is 3.24. The molecule has 3 rings (SSSR count). The van der Waals surface area contributed by atoms with Gasteiger partial charge in [-0.25, -0.2) is 0 Å². The summed E-state index contributed by atoms with van der Waals surface area (Å²) in [6.07, 6.45) is 11.0. The Balaban J connectivity index is 0.000000480. The maximum Gasteiger partial charge on any atom is -0.0171 e. The number of hydrogen-bond acceptors (Lipinski definition) is 0. The largest absolute Gasteiger partial charge is 0.0879 e. The second-order valence-corrected chi connectivity index (χ2v) is 4.24. The van der Waals surface area contributed by atoms with Gasteiger partial charge in [0.2, 0.25) is 0 Å². The quantitative estimate of drug-likeness (QED) is 0.465. The second-order valence-electron chi connectivity index (χ2n) is 4.24. The number of fused-ring (bicyclic) bond motifs is 5. The van der Waals surface area contributed by atoms with Crippen LogP contribution in [-0.2, 0) is 0 Å². The summed E-state index contributed by atoms with van der Waals surface area (Å²) in [5.41, 5.74) is 0. The lowest BCUT2D eigenvalue weighted by Gasteiger charge is -2.23. The fraction of sp³-hybridized carbons (Fsp3) is 0.818. The molecule has 0 nitrogen and oxygen atoms in total. The first-order chi connectivity index (χ1) is 4.95. The van der Waals surface area contributed by atoms with Crippen LogP contribution >= 0.6 is 0 Å². The van der Waals surface area contributed by atoms with Crippen molar-refractivity contribution in [3.8, 4) is 0 Å². The Kier molecular flexibility index (Phi) is 1.59. The average Bonchev–Trinajstić information content (AvgIpc) is 2.60. The molecular weight excluding hydrogens is 132 g/mol. The van der Waals surface area contributed by atoms with Crippen molar-refractivity contribution in [2.45, 2.75) is 33.1 Å². The molecule has 0 aliphatic heterocycles. The molecule has 2 fully saturated rings.